The number of carbonyl (C=O) groups is 1. The van der Waals surface area contributed by atoms with Gasteiger partial charge in [0.2, 0.25) is 0 Å². The maximum absolute atomic E-state index is 12.8. The fourth-order valence-corrected chi connectivity index (χ4v) is 5.10. The minimum absolute atomic E-state index is 0.0699. The van der Waals surface area contributed by atoms with Gasteiger partial charge in [-0.1, -0.05) is 60.5 Å². The Morgan fingerprint density at radius 3 is 2.19 bits per heavy atom. The Morgan fingerprint density at radius 1 is 0.905 bits per heavy atom. The summed E-state index contributed by atoms with van der Waals surface area (Å²) in [4.78, 5) is 12.8. The van der Waals surface area contributed by atoms with E-state index in [1.807, 2.05) is 0 Å². The first kappa shape index (κ1) is 15.6. The monoisotopic (exact) mass is 344 g/mol. The van der Waals surface area contributed by atoms with E-state index in [1.54, 1.807) is 12.1 Å². The van der Waals surface area contributed by atoms with Crippen LogP contribution in [0.2, 0.25) is 15.1 Å². The summed E-state index contributed by atoms with van der Waals surface area (Å²) in [7, 11) is 0. The summed E-state index contributed by atoms with van der Waals surface area (Å²) in [5.41, 5.74) is 0.460. The van der Waals surface area contributed by atoms with E-state index < -0.39 is 0 Å². The Balaban J connectivity index is 1.80. The molecule has 1 aromatic rings. The maximum atomic E-state index is 12.8. The lowest BCUT2D eigenvalue weighted by atomic mass is 9.66. The number of benzene rings is 1. The second kappa shape index (κ2) is 6.48. The van der Waals surface area contributed by atoms with Crippen molar-refractivity contribution in [2.45, 2.75) is 44.9 Å². The number of carbonyl (C=O) groups excluding carboxylic acids is 1. The van der Waals surface area contributed by atoms with Crippen molar-refractivity contribution in [3.8, 4) is 0 Å². The normalized spacial score (nSPS) is 29.0. The SMILES string of the molecule is O=C(c1c(Cl)cc(Cl)cc1Cl)C1CCC2CCCCC2C1. The van der Waals surface area contributed by atoms with E-state index in [0.717, 1.165) is 18.8 Å². The maximum Gasteiger partial charge on any atom is 0.168 e. The molecule has 1 nitrogen and oxygen atoms in total. The molecule has 3 atom stereocenters. The molecule has 0 spiro atoms. The summed E-state index contributed by atoms with van der Waals surface area (Å²) in [5, 5.41) is 1.23. The van der Waals surface area contributed by atoms with E-state index in [1.165, 1.54) is 32.1 Å². The van der Waals surface area contributed by atoms with Gasteiger partial charge in [-0.15, -0.1) is 0 Å². The van der Waals surface area contributed by atoms with E-state index in [4.69, 9.17) is 34.8 Å². The fourth-order valence-electron chi connectivity index (χ4n) is 4.09. The average Bonchev–Trinajstić information content (AvgIpc) is 2.45. The topological polar surface area (TPSA) is 17.1 Å². The highest BCUT2D eigenvalue weighted by molar-refractivity contribution is 6.42. The van der Waals surface area contributed by atoms with Gasteiger partial charge in [-0.25, -0.2) is 0 Å². The zero-order valence-corrected chi connectivity index (χ0v) is 14.1. The molecular weight excluding hydrogens is 327 g/mol. The van der Waals surface area contributed by atoms with Crippen molar-refractivity contribution >= 4 is 40.6 Å². The quantitative estimate of drug-likeness (QED) is 0.564. The van der Waals surface area contributed by atoms with E-state index in [0.29, 0.717) is 26.5 Å². The molecule has 2 saturated carbocycles. The summed E-state index contributed by atoms with van der Waals surface area (Å²) in [5.74, 6) is 1.72. The van der Waals surface area contributed by atoms with Crippen LogP contribution in [0.25, 0.3) is 0 Å². The van der Waals surface area contributed by atoms with Crippen molar-refractivity contribution in [1.82, 2.24) is 0 Å². The summed E-state index contributed by atoms with van der Waals surface area (Å²) >= 11 is 18.3. The van der Waals surface area contributed by atoms with Crippen molar-refractivity contribution < 1.29 is 4.79 Å². The van der Waals surface area contributed by atoms with Gasteiger partial charge in [0.15, 0.2) is 5.78 Å². The molecule has 0 saturated heterocycles. The number of fused-ring (bicyclic) bond motifs is 1. The molecule has 21 heavy (non-hydrogen) atoms. The van der Waals surface area contributed by atoms with Crippen LogP contribution in [0.3, 0.4) is 0 Å². The third-order valence-electron chi connectivity index (χ3n) is 5.16. The van der Waals surface area contributed by atoms with Crippen LogP contribution in [0.1, 0.15) is 55.3 Å². The highest BCUT2D eigenvalue weighted by Crippen LogP contribution is 2.44. The van der Waals surface area contributed by atoms with Crippen molar-refractivity contribution in [2.24, 2.45) is 17.8 Å². The second-order valence-electron chi connectivity index (χ2n) is 6.42. The molecular formula is C17H19Cl3O. The highest BCUT2D eigenvalue weighted by atomic mass is 35.5. The van der Waals surface area contributed by atoms with Crippen molar-refractivity contribution in [1.29, 1.82) is 0 Å². The van der Waals surface area contributed by atoms with Gasteiger partial charge in [0.05, 0.1) is 15.6 Å². The van der Waals surface area contributed by atoms with Crippen LogP contribution >= 0.6 is 34.8 Å². The van der Waals surface area contributed by atoms with Crippen LogP contribution in [0.5, 0.6) is 0 Å². The van der Waals surface area contributed by atoms with Gasteiger partial charge in [-0.2, -0.15) is 0 Å². The van der Waals surface area contributed by atoms with E-state index in [9.17, 15) is 4.79 Å². The van der Waals surface area contributed by atoms with Crippen LogP contribution < -0.4 is 0 Å². The smallest absolute Gasteiger partial charge is 0.168 e. The molecule has 0 N–H and O–H groups in total. The van der Waals surface area contributed by atoms with Crippen LogP contribution in [0, 0.1) is 17.8 Å². The Hall–Kier alpha value is -0.240. The summed E-state index contributed by atoms with van der Waals surface area (Å²) in [6, 6.07) is 3.21. The first-order chi connectivity index (χ1) is 10.1. The van der Waals surface area contributed by atoms with Gasteiger partial charge in [-0.3, -0.25) is 4.79 Å². The lowest BCUT2D eigenvalue weighted by molar-refractivity contribution is 0.0763. The van der Waals surface area contributed by atoms with E-state index in [-0.39, 0.29) is 11.7 Å². The minimum Gasteiger partial charge on any atom is -0.294 e. The standard InChI is InChI=1S/C17H19Cl3O/c18-13-8-14(19)16(15(20)9-13)17(21)12-6-5-10-3-1-2-4-11(10)7-12/h8-12H,1-7H2. The first-order valence-electron chi connectivity index (χ1n) is 7.75. The fraction of sp³-hybridized carbons (Fsp3) is 0.588. The molecule has 0 bridgehead atoms. The van der Waals surface area contributed by atoms with Gasteiger partial charge in [-0.05, 0) is 43.2 Å². The summed E-state index contributed by atoms with van der Waals surface area (Å²) in [6.45, 7) is 0. The molecule has 3 rings (SSSR count). The summed E-state index contributed by atoms with van der Waals surface area (Å²) < 4.78 is 0. The largest absolute Gasteiger partial charge is 0.294 e. The zero-order valence-electron chi connectivity index (χ0n) is 11.9. The molecule has 2 aliphatic rings. The predicted molar refractivity (Wildman–Crippen MR) is 88.6 cm³/mol. The molecule has 2 fully saturated rings. The first-order valence-corrected chi connectivity index (χ1v) is 8.88. The molecule has 0 aromatic heterocycles. The molecule has 3 unspecified atom stereocenters. The minimum atomic E-state index is 0.0699. The highest BCUT2D eigenvalue weighted by Gasteiger charge is 2.36. The van der Waals surface area contributed by atoms with Crippen molar-refractivity contribution in [3.63, 3.8) is 0 Å². The Labute approximate surface area is 141 Å². The molecule has 0 aliphatic heterocycles. The van der Waals surface area contributed by atoms with E-state index >= 15 is 0 Å². The van der Waals surface area contributed by atoms with Crippen LogP contribution in [0.4, 0.5) is 0 Å². The Kier molecular flexibility index (Phi) is 4.83. The molecule has 0 amide bonds. The lowest BCUT2D eigenvalue weighted by Gasteiger charge is -2.38. The van der Waals surface area contributed by atoms with Crippen LogP contribution in [-0.2, 0) is 0 Å². The molecule has 0 radical (unpaired) electrons. The Morgan fingerprint density at radius 2 is 1.52 bits per heavy atom. The van der Waals surface area contributed by atoms with Crippen molar-refractivity contribution in [3.05, 3.63) is 32.8 Å². The van der Waals surface area contributed by atoms with Gasteiger partial charge < -0.3 is 0 Å². The molecule has 114 valence electrons. The van der Waals surface area contributed by atoms with Gasteiger partial charge in [0, 0.05) is 10.9 Å². The molecule has 1 aromatic carbocycles. The third kappa shape index (κ3) is 3.25. The number of hydrogen-bond acceptors (Lipinski definition) is 1. The van der Waals surface area contributed by atoms with E-state index in [2.05, 4.69) is 0 Å². The lowest BCUT2D eigenvalue weighted by Crippen LogP contribution is -2.31. The van der Waals surface area contributed by atoms with Gasteiger partial charge in [0.1, 0.15) is 0 Å². The second-order valence-corrected chi connectivity index (χ2v) is 7.67. The number of hydrogen-bond donors (Lipinski definition) is 0. The predicted octanol–water partition coefficient (Wildman–Crippen LogP) is 6.44. The van der Waals surface area contributed by atoms with Crippen LogP contribution in [-0.4, -0.2) is 5.78 Å². The zero-order chi connectivity index (χ0) is 15.0. The number of rotatable bonds is 2. The van der Waals surface area contributed by atoms with Gasteiger partial charge in [0.25, 0.3) is 0 Å². The van der Waals surface area contributed by atoms with Crippen LogP contribution in [0.15, 0.2) is 12.1 Å². The number of ketones is 1. The molecule has 2 aliphatic carbocycles. The number of Topliss-reactive ketones (excluding diaryl/α,β-unsaturated/α-hetero) is 1. The molecule has 0 heterocycles. The number of halogens is 3. The molecule has 4 heteroatoms. The summed E-state index contributed by atoms with van der Waals surface area (Å²) in [6.07, 6.45) is 8.42. The Bertz CT molecular complexity index is 532. The van der Waals surface area contributed by atoms with Gasteiger partial charge >= 0.3 is 0 Å². The average molecular weight is 346 g/mol. The third-order valence-corrected chi connectivity index (χ3v) is 5.98. The van der Waals surface area contributed by atoms with Crippen molar-refractivity contribution in [2.75, 3.05) is 0 Å².